The largest absolute Gasteiger partial charge is 0.383 e. The topological polar surface area (TPSA) is 43.8 Å². The Hall–Kier alpha value is -1.36. The lowest BCUT2D eigenvalue weighted by Crippen LogP contribution is -2.17. The van der Waals surface area contributed by atoms with Crippen molar-refractivity contribution in [3.8, 4) is 11.3 Å². The lowest BCUT2D eigenvalue weighted by molar-refractivity contribution is 0.524. The van der Waals surface area contributed by atoms with Crippen LogP contribution in [-0.4, -0.2) is 9.55 Å². The summed E-state index contributed by atoms with van der Waals surface area (Å²) in [7, 11) is 1.85. The van der Waals surface area contributed by atoms with Gasteiger partial charge < -0.3 is 10.3 Å². The molecule has 1 aromatic carbocycles. The van der Waals surface area contributed by atoms with Crippen LogP contribution in [0.5, 0.6) is 0 Å². The van der Waals surface area contributed by atoms with Crippen molar-refractivity contribution in [2.75, 3.05) is 5.73 Å². The average Bonchev–Trinajstić information content (AvgIpc) is 2.56. The molecule has 0 unspecified atom stereocenters. The van der Waals surface area contributed by atoms with E-state index < -0.39 is 0 Å². The minimum Gasteiger partial charge on any atom is -0.383 e. The summed E-state index contributed by atoms with van der Waals surface area (Å²) in [4.78, 5) is 4.52. The molecule has 1 aromatic heterocycles. The van der Waals surface area contributed by atoms with Gasteiger partial charge in [-0.2, -0.15) is 0 Å². The maximum atomic E-state index is 14.0. The number of nitrogens with zero attached hydrogens (tertiary/aromatic N) is 2. The van der Waals surface area contributed by atoms with Crippen molar-refractivity contribution in [2.24, 2.45) is 7.05 Å². The van der Waals surface area contributed by atoms with E-state index in [0.29, 0.717) is 21.5 Å². The van der Waals surface area contributed by atoms with E-state index in [0.717, 1.165) is 5.82 Å². The molecule has 2 aromatic rings. The summed E-state index contributed by atoms with van der Waals surface area (Å²) in [5, 5.41) is 0. The second-order valence-electron chi connectivity index (χ2n) is 5.60. The highest BCUT2D eigenvalue weighted by Crippen LogP contribution is 2.33. The Morgan fingerprint density at radius 1 is 1.32 bits per heavy atom. The third-order valence-electron chi connectivity index (χ3n) is 3.00. The zero-order valence-corrected chi connectivity index (χ0v) is 13.0. The highest BCUT2D eigenvalue weighted by atomic mass is 79.9. The minimum absolute atomic E-state index is 0.146. The van der Waals surface area contributed by atoms with E-state index >= 15 is 0 Å². The second kappa shape index (κ2) is 4.63. The van der Waals surface area contributed by atoms with Crippen LogP contribution in [0.3, 0.4) is 0 Å². The van der Waals surface area contributed by atoms with Gasteiger partial charge in [0.05, 0.1) is 0 Å². The normalized spacial score (nSPS) is 11.9. The maximum Gasteiger partial charge on any atom is 0.133 e. The summed E-state index contributed by atoms with van der Waals surface area (Å²) < 4.78 is 16.5. The second-order valence-corrected chi connectivity index (χ2v) is 6.52. The Labute approximate surface area is 120 Å². The minimum atomic E-state index is -0.334. The van der Waals surface area contributed by atoms with Gasteiger partial charge in [0.1, 0.15) is 23.2 Å². The molecule has 0 saturated carbocycles. The zero-order chi connectivity index (χ0) is 14.4. The molecule has 0 aliphatic rings. The number of rotatable bonds is 1. The van der Waals surface area contributed by atoms with Gasteiger partial charge in [-0.15, -0.1) is 0 Å². The standard InChI is InChI=1S/C14H17BrFN3/c1-14(2,3)13-18-11(12(17)19(13)4)9-6-5-8(15)7-10(9)16/h5-7H,17H2,1-4H3. The molecule has 0 aliphatic carbocycles. The predicted octanol–water partition coefficient (Wildman–Crippen LogP) is 3.87. The van der Waals surface area contributed by atoms with Crippen molar-refractivity contribution in [3.05, 3.63) is 34.3 Å². The number of halogens is 2. The zero-order valence-electron chi connectivity index (χ0n) is 11.5. The number of hydrogen-bond acceptors (Lipinski definition) is 2. The van der Waals surface area contributed by atoms with Crippen LogP contribution in [0.25, 0.3) is 11.3 Å². The highest BCUT2D eigenvalue weighted by Gasteiger charge is 2.24. The van der Waals surface area contributed by atoms with Gasteiger partial charge in [0.15, 0.2) is 0 Å². The van der Waals surface area contributed by atoms with Gasteiger partial charge in [0, 0.05) is 22.5 Å². The summed E-state index contributed by atoms with van der Waals surface area (Å²) in [5.41, 5.74) is 6.84. The third-order valence-corrected chi connectivity index (χ3v) is 3.49. The number of hydrogen-bond donors (Lipinski definition) is 1. The Morgan fingerprint density at radius 2 is 1.95 bits per heavy atom. The van der Waals surface area contributed by atoms with Crippen LogP contribution < -0.4 is 5.73 Å². The summed E-state index contributed by atoms with van der Waals surface area (Å²) in [6.45, 7) is 6.16. The van der Waals surface area contributed by atoms with Crippen LogP contribution in [-0.2, 0) is 12.5 Å². The number of aromatic nitrogens is 2. The fourth-order valence-electron chi connectivity index (χ4n) is 2.06. The molecule has 5 heteroatoms. The number of benzene rings is 1. The molecule has 0 saturated heterocycles. The average molecular weight is 326 g/mol. The lowest BCUT2D eigenvalue weighted by atomic mass is 9.96. The van der Waals surface area contributed by atoms with Crippen molar-refractivity contribution in [3.63, 3.8) is 0 Å². The van der Waals surface area contributed by atoms with E-state index in [1.54, 1.807) is 12.1 Å². The molecule has 0 radical (unpaired) electrons. The Bertz CT molecular complexity index is 626. The van der Waals surface area contributed by atoms with Gasteiger partial charge in [0.25, 0.3) is 0 Å². The number of anilines is 1. The van der Waals surface area contributed by atoms with E-state index in [-0.39, 0.29) is 11.2 Å². The fourth-order valence-corrected chi connectivity index (χ4v) is 2.39. The fraction of sp³-hybridized carbons (Fsp3) is 0.357. The Kier molecular flexibility index (Phi) is 3.43. The number of nitrogens with two attached hydrogens (primary N) is 1. The molecule has 2 rings (SSSR count). The molecule has 102 valence electrons. The van der Waals surface area contributed by atoms with Crippen molar-refractivity contribution >= 4 is 21.7 Å². The molecule has 1 heterocycles. The first-order valence-electron chi connectivity index (χ1n) is 6.00. The van der Waals surface area contributed by atoms with Gasteiger partial charge in [-0.25, -0.2) is 9.37 Å². The summed E-state index contributed by atoms with van der Waals surface area (Å²) >= 11 is 3.24. The van der Waals surface area contributed by atoms with Crippen molar-refractivity contribution in [2.45, 2.75) is 26.2 Å². The first kappa shape index (κ1) is 14.1. The molecule has 0 bridgehead atoms. The monoisotopic (exact) mass is 325 g/mol. The molecular weight excluding hydrogens is 309 g/mol. The van der Waals surface area contributed by atoms with Gasteiger partial charge in [-0.05, 0) is 18.2 Å². The molecule has 19 heavy (non-hydrogen) atoms. The van der Waals surface area contributed by atoms with Crippen LogP contribution in [0.4, 0.5) is 10.2 Å². The molecule has 0 spiro atoms. The third kappa shape index (κ3) is 2.52. The smallest absolute Gasteiger partial charge is 0.133 e. The maximum absolute atomic E-state index is 14.0. The molecule has 0 fully saturated rings. The van der Waals surface area contributed by atoms with E-state index in [2.05, 4.69) is 41.7 Å². The summed E-state index contributed by atoms with van der Waals surface area (Å²) in [5.74, 6) is 0.980. The Balaban J connectivity index is 2.64. The van der Waals surface area contributed by atoms with Crippen LogP contribution in [0.2, 0.25) is 0 Å². The van der Waals surface area contributed by atoms with Gasteiger partial charge in [0.2, 0.25) is 0 Å². The predicted molar refractivity (Wildman–Crippen MR) is 79.4 cm³/mol. The Morgan fingerprint density at radius 3 is 2.42 bits per heavy atom. The van der Waals surface area contributed by atoms with Crippen LogP contribution in [0, 0.1) is 5.82 Å². The van der Waals surface area contributed by atoms with E-state index in [4.69, 9.17) is 5.73 Å². The molecular formula is C14H17BrFN3. The summed E-state index contributed by atoms with van der Waals surface area (Å²) in [6, 6.07) is 4.88. The van der Waals surface area contributed by atoms with E-state index in [1.165, 1.54) is 6.07 Å². The molecule has 3 nitrogen and oxygen atoms in total. The van der Waals surface area contributed by atoms with Gasteiger partial charge >= 0.3 is 0 Å². The number of imidazole rings is 1. The van der Waals surface area contributed by atoms with Crippen LogP contribution in [0.1, 0.15) is 26.6 Å². The molecule has 0 amide bonds. The van der Waals surface area contributed by atoms with Crippen LogP contribution in [0.15, 0.2) is 22.7 Å². The van der Waals surface area contributed by atoms with Gasteiger partial charge in [-0.3, -0.25) is 0 Å². The first-order valence-corrected chi connectivity index (χ1v) is 6.79. The highest BCUT2D eigenvalue weighted by molar-refractivity contribution is 9.10. The molecule has 2 N–H and O–H groups in total. The quantitative estimate of drug-likeness (QED) is 0.864. The lowest BCUT2D eigenvalue weighted by Gasteiger charge is -2.17. The van der Waals surface area contributed by atoms with Crippen LogP contribution >= 0.6 is 15.9 Å². The van der Waals surface area contributed by atoms with Crippen molar-refractivity contribution < 1.29 is 4.39 Å². The van der Waals surface area contributed by atoms with Crippen molar-refractivity contribution in [1.82, 2.24) is 9.55 Å². The molecule has 0 atom stereocenters. The van der Waals surface area contributed by atoms with E-state index in [9.17, 15) is 4.39 Å². The van der Waals surface area contributed by atoms with E-state index in [1.807, 2.05) is 11.6 Å². The van der Waals surface area contributed by atoms with Gasteiger partial charge in [-0.1, -0.05) is 36.7 Å². The molecule has 0 aliphatic heterocycles. The first-order chi connectivity index (χ1) is 8.71. The number of nitrogen functional groups attached to an aromatic ring is 1. The summed E-state index contributed by atoms with van der Waals surface area (Å²) in [6.07, 6.45) is 0. The van der Waals surface area contributed by atoms with Crippen molar-refractivity contribution in [1.29, 1.82) is 0 Å². The SMILES string of the molecule is Cn1c(C(C)(C)C)nc(-c2ccc(Br)cc2F)c1N.